The molecule has 168 valence electrons. The Hall–Kier alpha value is -4.05. The van der Waals surface area contributed by atoms with Gasteiger partial charge in [-0.1, -0.05) is 6.07 Å². The van der Waals surface area contributed by atoms with E-state index in [1.54, 1.807) is 50.0 Å². The van der Waals surface area contributed by atoms with Crippen molar-refractivity contribution in [1.82, 2.24) is 29.5 Å². The SMILES string of the molecule is COc1cccc(NC(=O)c2ccc3nnc(C4CN(c5ncccn5)CCN4C)n3c2)c1. The van der Waals surface area contributed by atoms with Gasteiger partial charge in [0.15, 0.2) is 11.5 Å². The van der Waals surface area contributed by atoms with Crippen LogP contribution < -0.4 is 15.0 Å². The van der Waals surface area contributed by atoms with Gasteiger partial charge in [-0.3, -0.25) is 14.1 Å². The zero-order valence-electron chi connectivity index (χ0n) is 18.4. The second-order valence-corrected chi connectivity index (χ2v) is 7.88. The molecule has 0 spiro atoms. The lowest BCUT2D eigenvalue weighted by molar-refractivity contribution is 0.102. The van der Waals surface area contributed by atoms with Gasteiger partial charge in [0.25, 0.3) is 5.91 Å². The molecule has 10 nitrogen and oxygen atoms in total. The van der Waals surface area contributed by atoms with Gasteiger partial charge >= 0.3 is 0 Å². The number of hydrogen-bond acceptors (Lipinski definition) is 8. The van der Waals surface area contributed by atoms with Crippen molar-refractivity contribution in [2.24, 2.45) is 0 Å². The minimum Gasteiger partial charge on any atom is -0.497 e. The predicted octanol–water partition coefficient (Wildman–Crippen LogP) is 2.27. The van der Waals surface area contributed by atoms with Crippen LogP contribution in [0.25, 0.3) is 5.65 Å². The molecular weight excluding hydrogens is 420 g/mol. The minimum atomic E-state index is -0.221. The number of hydrogen-bond donors (Lipinski definition) is 1. The monoisotopic (exact) mass is 444 g/mol. The molecule has 0 aliphatic carbocycles. The largest absolute Gasteiger partial charge is 0.497 e. The number of amides is 1. The molecule has 0 bridgehead atoms. The molecule has 1 fully saturated rings. The minimum absolute atomic E-state index is 0.0331. The van der Waals surface area contributed by atoms with E-state index < -0.39 is 0 Å². The van der Waals surface area contributed by atoms with Crippen LogP contribution in [-0.4, -0.2) is 69.2 Å². The molecule has 3 aromatic heterocycles. The van der Waals surface area contributed by atoms with Crippen molar-refractivity contribution < 1.29 is 9.53 Å². The first-order chi connectivity index (χ1) is 16.1. The third-order valence-electron chi connectivity index (χ3n) is 5.80. The van der Waals surface area contributed by atoms with Crippen LogP contribution in [-0.2, 0) is 0 Å². The van der Waals surface area contributed by atoms with E-state index in [-0.39, 0.29) is 11.9 Å². The van der Waals surface area contributed by atoms with E-state index in [4.69, 9.17) is 4.74 Å². The van der Waals surface area contributed by atoms with Gasteiger partial charge in [0.1, 0.15) is 5.75 Å². The van der Waals surface area contributed by atoms with Crippen LogP contribution in [0.2, 0.25) is 0 Å². The highest BCUT2D eigenvalue weighted by molar-refractivity contribution is 6.04. The molecular formula is C23H24N8O2. The number of ether oxygens (including phenoxy) is 1. The van der Waals surface area contributed by atoms with Crippen LogP contribution in [0.1, 0.15) is 22.2 Å². The fourth-order valence-corrected chi connectivity index (χ4v) is 3.96. The first-order valence-corrected chi connectivity index (χ1v) is 10.6. The van der Waals surface area contributed by atoms with E-state index in [1.165, 1.54) is 0 Å². The maximum atomic E-state index is 12.9. The molecule has 5 rings (SSSR count). The predicted molar refractivity (Wildman–Crippen MR) is 124 cm³/mol. The van der Waals surface area contributed by atoms with Crippen molar-refractivity contribution in [3.8, 4) is 5.75 Å². The highest BCUT2D eigenvalue weighted by Crippen LogP contribution is 2.25. The molecule has 1 amide bonds. The van der Waals surface area contributed by atoms with E-state index in [0.717, 1.165) is 18.9 Å². The second kappa shape index (κ2) is 8.83. The summed E-state index contributed by atoms with van der Waals surface area (Å²) in [5, 5.41) is 11.7. The number of carbonyl (C=O) groups excluding carboxylic acids is 1. The van der Waals surface area contributed by atoms with Crippen LogP contribution >= 0.6 is 0 Å². The summed E-state index contributed by atoms with van der Waals surface area (Å²) in [7, 11) is 3.66. The van der Waals surface area contributed by atoms with E-state index in [0.29, 0.717) is 35.1 Å². The third-order valence-corrected chi connectivity index (χ3v) is 5.80. The number of nitrogens with zero attached hydrogens (tertiary/aromatic N) is 7. The second-order valence-electron chi connectivity index (χ2n) is 7.88. The van der Waals surface area contributed by atoms with Crippen LogP contribution in [0.5, 0.6) is 5.75 Å². The van der Waals surface area contributed by atoms with Crippen molar-refractivity contribution in [2.75, 3.05) is 44.0 Å². The number of piperazine rings is 1. The van der Waals surface area contributed by atoms with E-state index in [2.05, 4.69) is 42.3 Å². The van der Waals surface area contributed by atoms with Crippen molar-refractivity contribution in [1.29, 1.82) is 0 Å². The molecule has 1 N–H and O–H groups in total. The number of aromatic nitrogens is 5. The van der Waals surface area contributed by atoms with Crippen molar-refractivity contribution in [3.63, 3.8) is 0 Å². The molecule has 1 saturated heterocycles. The number of carbonyl (C=O) groups is 1. The summed E-state index contributed by atoms with van der Waals surface area (Å²) in [5.74, 6) is 1.92. The standard InChI is InChI=1S/C23H24N8O2/c1-29-11-12-30(23-24-9-4-10-25-23)15-19(29)21-28-27-20-8-7-16(14-31(20)21)22(32)26-17-5-3-6-18(13-17)33-2/h3-10,13-14,19H,11-12,15H2,1-2H3,(H,26,32). The maximum Gasteiger partial charge on any atom is 0.257 e. The van der Waals surface area contributed by atoms with Gasteiger partial charge in [0.2, 0.25) is 5.95 Å². The van der Waals surface area contributed by atoms with Gasteiger partial charge in [-0.2, -0.15) is 0 Å². The molecule has 1 aliphatic rings. The van der Waals surface area contributed by atoms with Gasteiger partial charge in [-0.15, -0.1) is 10.2 Å². The Labute approximate surface area is 190 Å². The van der Waals surface area contributed by atoms with Gasteiger partial charge < -0.3 is 15.0 Å². The van der Waals surface area contributed by atoms with Crippen LogP contribution in [0, 0.1) is 0 Å². The lowest BCUT2D eigenvalue weighted by Gasteiger charge is -2.38. The Morgan fingerprint density at radius 3 is 2.76 bits per heavy atom. The van der Waals surface area contributed by atoms with Crippen LogP contribution in [0.4, 0.5) is 11.6 Å². The summed E-state index contributed by atoms with van der Waals surface area (Å²) in [4.78, 5) is 26.1. The Bertz CT molecular complexity index is 1280. The average molecular weight is 444 g/mol. The molecule has 1 atom stereocenters. The number of likely N-dealkylation sites (N-methyl/N-ethyl adjacent to an activating group) is 1. The van der Waals surface area contributed by atoms with Gasteiger partial charge in [0.05, 0.1) is 18.7 Å². The lowest BCUT2D eigenvalue weighted by Crippen LogP contribution is -2.47. The average Bonchev–Trinajstić information content (AvgIpc) is 3.28. The zero-order valence-corrected chi connectivity index (χ0v) is 18.4. The van der Waals surface area contributed by atoms with Crippen molar-refractivity contribution in [3.05, 3.63) is 72.4 Å². The van der Waals surface area contributed by atoms with Crippen LogP contribution in [0.3, 0.4) is 0 Å². The molecule has 1 aliphatic heterocycles. The smallest absolute Gasteiger partial charge is 0.257 e. The molecule has 0 saturated carbocycles. The van der Waals surface area contributed by atoms with E-state index in [9.17, 15) is 4.79 Å². The number of pyridine rings is 1. The molecule has 0 radical (unpaired) electrons. The Morgan fingerprint density at radius 1 is 1.09 bits per heavy atom. The molecule has 1 unspecified atom stereocenters. The maximum absolute atomic E-state index is 12.9. The van der Waals surface area contributed by atoms with E-state index in [1.807, 2.05) is 22.6 Å². The van der Waals surface area contributed by atoms with E-state index >= 15 is 0 Å². The molecule has 4 heterocycles. The third kappa shape index (κ3) is 4.20. The fraction of sp³-hybridized carbons (Fsp3) is 0.261. The lowest BCUT2D eigenvalue weighted by atomic mass is 10.1. The Balaban J connectivity index is 1.42. The van der Waals surface area contributed by atoms with Gasteiger partial charge in [-0.05, 0) is 37.4 Å². The normalized spacial score (nSPS) is 16.7. The quantitative estimate of drug-likeness (QED) is 0.500. The Morgan fingerprint density at radius 2 is 1.94 bits per heavy atom. The van der Waals surface area contributed by atoms with Gasteiger partial charge in [0, 0.05) is 50.0 Å². The highest BCUT2D eigenvalue weighted by Gasteiger charge is 2.30. The summed E-state index contributed by atoms with van der Waals surface area (Å²) in [6.45, 7) is 2.32. The molecule has 10 heteroatoms. The molecule has 1 aromatic carbocycles. The molecule has 4 aromatic rings. The zero-order chi connectivity index (χ0) is 22.8. The topological polar surface area (TPSA) is 101 Å². The number of rotatable bonds is 5. The fourth-order valence-electron chi connectivity index (χ4n) is 3.96. The first kappa shape index (κ1) is 20.8. The molecule has 33 heavy (non-hydrogen) atoms. The summed E-state index contributed by atoms with van der Waals surface area (Å²) in [5.41, 5.74) is 1.85. The number of fused-ring (bicyclic) bond motifs is 1. The van der Waals surface area contributed by atoms with Gasteiger partial charge in [-0.25, -0.2) is 9.97 Å². The summed E-state index contributed by atoms with van der Waals surface area (Å²) in [6.07, 6.45) is 5.27. The Kier molecular flexibility index (Phi) is 5.57. The van der Waals surface area contributed by atoms with Crippen LogP contribution in [0.15, 0.2) is 61.1 Å². The first-order valence-electron chi connectivity index (χ1n) is 10.6. The number of methoxy groups -OCH3 is 1. The summed E-state index contributed by atoms with van der Waals surface area (Å²) in [6, 6.07) is 12.6. The van der Waals surface area contributed by atoms with Crippen molar-refractivity contribution >= 4 is 23.2 Å². The van der Waals surface area contributed by atoms with Crippen molar-refractivity contribution in [2.45, 2.75) is 6.04 Å². The summed E-state index contributed by atoms with van der Waals surface area (Å²) < 4.78 is 7.12. The number of anilines is 2. The number of nitrogens with one attached hydrogen (secondary N) is 1. The number of benzene rings is 1. The highest BCUT2D eigenvalue weighted by atomic mass is 16.5. The summed E-state index contributed by atoms with van der Waals surface area (Å²) >= 11 is 0.